The molecule has 2 aromatic carbocycles. The van der Waals surface area contributed by atoms with E-state index in [1.54, 1.807) is 6.07 Å². The second-order valence-corrected chi connectivity index (χ2v) is 11.7. The Morgan fingerprint density at radius 2 is 1.25 bits per heavy atom. The lowest BCUT2D eigenvalue weighted by molar-refractivity contribution is 0.0496. The van der Waals surface area contributed by atoms with Crippen LogP contribution in [-0.4, -0.2) is 17.1 Å². The van der Waals surface area contributed by atoms with Gasteiger partial charge in [0.2, 0.25) is 0 Å². The van der Waals surface area contributed by atoms with Gasteiger partial charge in [-0.1, -0.05) is 128 Å². The molecule has 0 spiro atoms. The topological polar surface area (TPSA) is 49.4 Å². The van der Waals surface area contributed by atoms with E-state index in [1.165, 1.54) is 89.9 Å². The standard InChI is InChI=1S/C32H46O3S/c1-2-3-4-5-6-7-8-9-10-11-12-13-14-15-16-19-25-35-32(33)28-22-20-24-31-29(28)26-27-21-17-18-23-30(27)36(31)34/h17-18,20-24H,2-16,19,25-26H2,1H3. The zero-order valence-electron chi connectivity index (χ0n) is 22.4. The van der Waals surface area contributed by atoms with Crippen molar-refractivity contribution in [3.8, 4) is 0 Å². The van der Waals surface area contributed by atoms with Crippen molar-refractivity contribution in [3.63, 3.8) is 0 Å². The van der Waals surface area contributed by atoms with Gasteiger partial charge in [-0.3, -0.25) is 0 Å². The van der Waals surface area contributed by atoms with Gasteiger partial charge in [-0.05, 0) is 24.6 Å². The summed E-state index contributed by atoms with van der Waals surface area (Å²) in [6.07, 6.45) is 21.9. The molecule has 0 aliphatic carbocycles. The molecule has 36 heavy (non-hydrogen) atoms. The van der Waals surface area contributed by atoms with Crippen LogP contribution in [0.4, 0.5) is 0 Å². The first-order chi connectivity index (χ1) is 17.7. The summed E-state index contributed by atoms with van der Waals surface area (Å²) >= 11 is -1.24. The summed E-state index contributed by atoms with van der Waals surface area (Å²) in [5, 5.41) is 0. The monoisotopic (exact) mass is 510 g/mol. The summed E-state index contributed by atoms with van der Waals surface area (Å²) in [4.78, 5) is 14.4. The van der Waals surface area contributed by atoms with Gasteiger partial charge in [0.15, 0.2) is 9.79 Å². The number of benzene rings is 2. The van der Waals surface area contributed by atoms with Gasteiger partial charge >= 0.3 is 5.97 Å². The first-order valence-corrected chi connectivity index (χ1v) is 15.7. The van der Waals surface area contributed by atoms with E-state index in [0.29, 0.717) is 18.6 Å². The van der Waals surface area contributed by atoms with Crippen molar-refractivity contribution in [1.82, 2.24) is 0 Å². The maximum absolute atomic E-state index is 13.0. The molecule has 1 unspecified atom stereocenters. The number of esters is 1. The van der Waals surface area contributed by atoms with Crippen LogP contribution in [0.5, 0.6) is 0 Å². The van der Waals surface area contributed by atoms with Crippen LogP contribution in [0.1, 0.15) is 131 Å². The van der Waals surface area contributed by atoms with Crippen molar-refractivity contribution < 1.29 is 14.1 Å². The highest BCUT2D eigenvalue weighted by Gasteiger charge is 2.31. The predicted molar refractivity (Wildman–Crippen MR) is 150 cm³/mol. The molecule has 198 valence electrons. The highest BCUT2D eigenvalue weighted by Crippen LogP contribution is 2.36. The molecule has 0 saturated carbocycles. The van der Waals surface area contributed by atoms with Crippen LogP contribution in [0.15, 0.2) is 52.3 Å². The van der Waals surface area contributed by atoms with Crippen LogP contribution in [0.3, 0.4) is 0 Å². The van der Waals surface area contributed by atoms with E-state index in [9.17, 15) is 9.35 Å². The van der Waals surface area contributed by atoms with E-state index >= 15 is 0 Å². The molecule has 1 aliphatic heterocycles. The third kappa shape index (κ3) is 9.27. The minimum absolute atomic E-state index is 0.288. The minimum Gasteiger partial charge on any atom is -0.606 e. The van der Waals surface area contributed by atoms with Gasteiger partial charge in [-0.25, -0.2) is 4.79 Å². The Morgan fingerprint density at radius 1 is 0.722 bits per heavy atom. The average molecular weight is 511 g/mol. The van der Waals surface area contributed by atoms with Crippen molar-refractivity contribution in [2.75, 3.05) is 6.61 Å². The molecule has 0 amide bonds. The Hall–Kier alpha value is -1.78. The number of rotatable bonds is 18. The Labute approximate surface area is 222 Å². The number of hydrogen-bond acceptors (Lipinski definition) is 3. The zero-order valence-corrected chi connectivity index (χ0v) is 23.2. The molecular weight excluding hydrogens is 464 g/mol. The van der Waals surface area contributed by atoms with E-state index in [1.807, 2.05) is 36.4 Å². The van der Waals surface area contributed by atoms with Gasteiger partial charge in [-0.15, -0.1) is 0 Å². The summed E-state index contributed by atoms with van der Waals surface area (Å²) < 4.78 is 18.6. The fourth-order valence-electron chi connectivity index (χ4n) is 5.15. The van der Waals surface area contributed by atoms with E-state index in [-0.39, 0.29) is 5.97 Å². The highest BCUT2D eigenvalue weighted by molar-refractivity contribution is 7.91. The molecule has 3 nitrogen and oxygen atoms in total. The van der Waals surface area contributed by atoms with E-state index in [0.717, 1.165) is 33.8 Å². The van der Waals surface area contributed by atoms with Gasteiger partial charge in [0.05, 0.1) is 12.2 Å². The first kappa shape index (κ1) is 28.8. The Balaban J connectivity index is 1.21. The van der Waals surface area contributed by atoms with Crippen molar-refractivity contribution >= 4 is 17.1 Å². The number of carbonyl (C=O) groups excluding carboxylic acids is 1. The van der Waals surface area contributed by atoms with Crippen LogP contribution in [0.25, 0.3) is 0 Å². The van der Waals surface area contributed by atoms with Gasteiger partial charge in [0.1, 0.15) is 0 Å². The molecule has 0 aromatic heterocycles. The molecule has 0 fully saturated rings. The van der Waals surface area contributed by atoms with Gasteiger partial charge in [0.25, 0.3) is 0 Å². The molecular formula is C32H46O3S. The third-order valence-electron chi connectivity index (χ3n) is 7.32. The summed E-state index contributed by atoms with van der Waals surface area (Å²) in [5.41, 5.74) is 2.44. The molecule has 1 aliphatic rings. The number of hydrogen-bond donors (Lipinski definition) is 0. The molecule has 2 aromatic rings. The number of ether oxygens (including phenoxy) is 1. The Bertz CT molecular complexity index is 910. The van der Waals surface area contributed by atoms with E-state index in [2.05, 4.69) is 6.92 Å². The van der Waals surface area contributed by atoms with Crippen LogP contribution < -0.4 is 0 Å². The fourth-order valence-corrected chi connectivity index (χ4v) is 6.57. The van der Waals surface area contributed by atoms with E-state index < -0.39 is 11.2 Å². The van der Waals surface area contributed by atoms with Gasteiger partial charge < -0.3 is 9.29 Å². The van der Waals surface area contributed by atoms with Gasteiger partial charge in [0, 0.05) is 28.7 Å². The lowest BCUT2D eigenvalue weighted by Crippen LogP contribution is -2.19. The molecule has 3 rings (SSSR count). The zero-order chi connectivity index (χ0) is 25.4. The summed E-state index contributed by atoms with van der Waals surface area (Å²) in [5.74, 6) is -0.288. The molecule has 0 saturated heterocycles. The van der Waals surface area contributed by atoms with Crippen LogP contribution >= 0.6 is 0 Å². The van der Waals surface area contributed by atoms with Crippen molar-refractivity contribution in [2.24, 2.45) is 0 Å². The van der Waals surface area contributed by atoms with Crippen LogP contribution in [0, 0.1) is 0 Å². The van der Waals surface area contributed by atoms with Crippen molar-refractivity contribution in [3.05, 3.63) is 59.2 Å². The Morgan fingerprint density at radius 3 is 1.86 bits per heavy atom. The minimum atomic E-state index is -1.24. The first-order valence-electron chi connectivity index (χ1n) is 14.5. The second-order valence-electron chi connectivity index (χ2n) is 10.3. The smallest absolute Gasteiger partial charge is 0.338 e. The number of unbranched alkanes of at least 4 members (excludes halogenated alkanes) is 15. The molecule has 0 N–H and O–H groups in total. The number of fused-ring (bicyclic) bond motifs is 2. The maximum atomic E-state index is 13.0. The van der Waals surface area contributed by atoms with Gasteiger partial charge in [-0.2, -0.15) is 0 Å². The molecule has 0 bridgehead atoms. The number of carbonyl (C=O) groups is 1. The van der Waals surface area contributed by atoms with Crippen LogP contribution in [0.2, 0.25) is 0 Å². The second kappa shape index (κ2) is 16.9. The summed E-state index contributed by atoms with van der Waals surface area (Å²) in [6.45, 7) is 2.74. The largest absolute Gasteiger partial charge is 0.606 e. The van der Waals surface area contributed by atoms with Crippen molar-refractivity contribution in [2.45, 2.75) is 126 Å². The summed E-state index contributed by atoms with van der Waals surface area (Å²) in [6, 6.07) is 13.3. The molecule has 1 heterocycles. The normalized spacial score (nSPS) is 14.3. The maximum Gasteiger partial charge on any atom is 0.338 e. The lowest BCUT2D eigenvalue weighted by Gasteiger charge is -2.23. The molecule has 4 heteroatoms. The SMILES string of the molecule is CCCCCCCCCCCCCCCCCCOC(=O)c1cccc2c1Cc1ccccc1[S+]2[O-]. The quantitative estimate of drug-likeness (QED) is 0.114. The predicted octanol–water partition coefficient (Wildman–Crippen LogP) is 9.18. The highest BCUT2D eigenvalue weighted by atomic mass is 32.2. The van der Waals surface area contributed by atoms with Crippen LogP contribution in [-0.2, 0) is 22.3 Å². The fraction of sp³-hybridized carbons (Fsp3) is 0.594. The summed E-state index contributed by atoms with van der Waals surface area (Å²) in [7, 11) is 0. The Kier molecular flexibility index (Phi) is 13.5. The molecule has 1 atom stereocenters. The third-order valence-corrected chi connectivity index (χ3v) is 8.90. The van der Waals surface area contributed by atoms with E-state index in [4.69, 9.17) is 4.74 Å². The average Bonchev–Trinajstić information content (AvgIpc) is 2.90. The molecule has 0 radical (unpaired) electrons. The van der Waals surface area contributed by atoms with Crippen molar-refractivity contribution in [1.29, 1.82) is 0 Å². The lowest BCUT2D eigenvalue weighted by atomic mass is 9.99.